The maximum absolute atomic E-state index is 11.9. The lowest BCUT2D eigenvalue weighted by Gasteiger charge is -2.18. The highest BCUT2D eigenvalue weighted by atomic mass is 16.6. The van der Waals surface area contributed by atoms with Gasteiger partial charge in [-0.15, -0.1) is 0 Å². The first kappa shape index (κ1) is 17.0. The Balaban J connectivity index is 1.44. The summed E-state index contributed by atoms with van der Waals surface area (Å²) >= 11 is 0. The fourth-order valence-electron chi connectivity index (χ4n) is 2.54. The van der Waals surface area contributed by atoms with Crippen molar-refractivity contribution in [3.63, 3.8) is 0 Å². The highest BCUT2D eigenvalue weighted by Crippen LogP contribution is 2.30. The first-order chi connectivity index (χ1) is 12.2. The number of carbonyl (C=O) groups is 1. The summed E-state index contributed by atoms with van der Waals surface area (Å²) in [6.45, 7) is 4.23. The molecule has 2 aromatic rings. The Kier molecular flexibility index (Phi) is 5.61. The van der Waals surface area contributed by atoms with E-state index in [1.165, 1.54) is 0 Å². The second-order valence-electron chi connectivity index (χ2n) is 5.57. The molecular weight excluding hydrogens is 320 g/mol. The van der Waals surface area contributed by atoms with Crippen LogP contribution in [-0.2, 0) is 6.42 Å². The van der Waals surface area contributed by atoms with E-state index in [2.05, 4.69) is 10.6 Å². The first-order valence-corrected chi connectivity index (χ1v) is 8.41. The quantitative estimate of drug-likeness (QED) is 0.846. The van der Waals surface area contributed by atoms with E-state index in [0.29, 0.717) is 32.8 Å². The molecule has 1 aliphatic heterocycles. The molecule has 2 N–H and O–H groups in total. The van der Waals surface area contributed by atoms with Gasteiger partial charge >= 0.3 is 6.03 Å². The minimum atomic E-state index is -0.235. The van der Waals surface area contributed by atoms with Gasteiger partial charge in [-0.2, -0.15) is 0 Å². The predicted molar refractivity (Wildman–Crippen MR) is 95.8 cm³/mol. The molecule has 25 heavy (non-hydrogen) atoms. The van der Waals surface area contributed by atoms with Gasteiger partial charge < -0.3 is 24.8 Å². The molecule has 2 aromatic carbocycles. The number of ether oxygens (including phenoxy) is 3. The number of rotatable bonds is 6. The molecule has 0 bridgehead atoms. The zero-order valence-corrected chi connectivity index (χ0v) is 14.2. The average molecular weight is 342 g/mol. The van der Waals surface area contributed by atoms with Crippen molar-refractivity contribution in [2.75, 3.05) is 31.7 Å². The zero-order valence-electron chi connectivity index (χ0n) is 14.2. The lowest BCUT2D eigenvalue weighted by Crippen LogP contribution is -2.30. The maximum Gasteiger partial charge on any atom is 0.319 e. The fourth-order valence-corrected chi connectivity index (χ4v) is 2.54. The number of hydrogen-bond acceptors (Lipinski definition) is 4. The van der Waals surface area contributed by atoms with Gasteiger partial charge in [0.2, 0.25) is 0 Å². The molecule has 132 valence electrons. The molecule has 1 aliphatic rings. The molecule has 0 spiro atoms. The number of urea groups is 1. The topological polar surface area (TPSA) is 68.8 Å². The predicted octanol–water partition coefficient (Wildman–Crippen LogP) is 3.22. The summed E-state index contributed by atoms with van der Waals surface area (Å²) in [6, 6.07) is 12.9. The van der Waals surface area contributed by atoms with E-state index in [0.717, 1.165) is 28.5 Å². The van der Waals surface area contributed by atoms with Gasteiger partial charge in [-0.1, -0.05) is 6.07 Å². The van der Waals surface area contributed by atoms with Gasteiger partial charge in [0, 0.05) is 12.2 Å². The van der Waals surface area contributed by atoms with E-state index < -0.39 is 0 Å². The molecule has 0 saturated heterocycles. The summed E-state index contributed by atoms with van der Waals surface area (Å²) < 4.78 is 16.4. The fraction of sp³-hybridized carbons (Fsp3) is 0.316. The molecule has 0 saturated carbocycles. The van der Waals surface area contributed by atoms with Crippen molar-refractivity contribution in [2.45, 2.75) is 13.3 Å². The number of carbonyl (C=O) groups excluding carboxylic acids is 1. The molecule has 1 heterocycles. The van der Waals surface area contributed by atoms with Crippen molar-refractivity contribution >= 4 is 11.7 Å². The van der Waals surface area contributed by atoms with Crippen molar-refractivity contribution in [2.24, 2.45) is 0 Å². The SMILES string of the molecule is CCOc1ccc(NC(=O)NCCc2ccc3c(c2)OCCO3)cc1. The van der Waals surface area contributed by atoms with E-state index in [1.54, 1.807) is 0 Å². The van der Waals surface area contributed by atoms with Gasteiger partial charge in [-0.25, -0.2) is 4.79 Å². The summed E-state index contributed by atoms with van der Waals surface area (Å²) in [5.74, 6) is 2.32. The third-order valence-corrected chi connectivity index (χ3v) is 3.73. The monoisotopic (exact) mass is 342 g/mol. The Hall–Kier alpha value is -2.89. The Morgan fingerprint density at radius 2 is 1.84 bits per heavy atom. The lowest BCUT2D eigenvalue weighted by atomic mass is 10.1. The summed E-state index contributed by atoms with van der Waals surface area (Å²) in [6.07, 6.45) is 0.716. The van der Waals surface area contributed by atoms with Crippen molar-refractivity contribution in [1.82, 2.24) is 5.32 Å². The molecule has 0 unspecified atom stereocenters. The van der Waals surface area contributed by atoms with Crippen LogP contribution in [0.2, 0.25) is 0 Å². The van der Waals surface area contributed by atoms with Crippen LogP contribution in [0.1, 0.15) is 12.5 Å². The van der Waals surface area contributed by atoms with Crippen LogP contribution >= 0.6 is 0 Å². The van der Waals surface area contributed by atoms with Gasteiger partial charge in [0.1, 0.15) is 19.0 Å². The standard InChI is InChI=1S/C19H22N2O4/c1-2-23-16-6-4-15(5-7-16)21-19(22)20-10-9-14-3-8-17-18(13-14)25-12-11-24-17/h3-8,13H,2,9-12H2,1H3,(H2,20,21,22). The highest BCUT2D eigenvalue weighted by molar-refractivity contribution is 5.89. The summed E-state index contributed by atoms with van der Waals surface area (Å²) in [7, 11) is 0. The summed E-state index contributed by atoms with van der Waals surface area (Å²) in [5, 5.41) is 5.64. The molecule has 3 rings (SSSR count). The van der Waals surface area contributed by atoms with Crippen molar-refractivity contribution in [3.8, 4) is 17.2 Å². The third kappa shape index (κ3) is 4.79. The number of anilines is 1. The average Bonchev–Trinajstić information content (AvgIpc) is 2.63. The Morgan fingerprint density at radius 3 is 2.60 bits per heavy atom. The Labute approximate surface area is 147 Å². The van der Waals surface area contributed by atoms with Crippen LogP contribution in [0.3, 0.4) is 0 Å². The minimum absolute atomic E-state index is 0.235. The van der Waals surface area contributed by atoms with Gasteiger partial charge in [0.15, 0.2) is 11.5 Å². The molecule has 0 aliphatic carbocycles. The number of benzene rings is 2. The second-order valence-corrected chi connectivity index (χ2v) is 5.57. The highest BCUT2D eigenvalue weighted by Gasteiger charge is 2.11. The van der Waals surface area contributed by atoms with Crippen LogP contribution in [0.4, 0.5) is 10.5 Å². The largest absolute Gasteiger partial charge is 0.494 e. The number of hydrogen-bond donors (Lipinski definition) is 2. The molecular formula is C19H22N2O4. The molecule has 6 nitrogen and oxygen atoms in total. The van der Waals surface area contributed by atoms with E-state index in [9.17, 15) is 4.79 Å². The lowest BCUT2D eigenvalue weighted by molar-refractivity contribution is 0.171. The molecule has 0 radical (unpaired) electrons. The van der Waals surface area contributed by atoms with Crippen LogP contribution < -0.4 is 24.8 Å². The van der Waals surface area contributed by atoms with Gasteiger partial charge in [-0.3, -0.25) is 0 Å². The normalized spacial score (nSPS) is 12.4. The first-order valence-electron chi connectivity index (χ1n) is 8.41. The van der Waals surface area contributed by atoms with Crippen molar-refractivity contribution < 1.29 is 19.0 Å². The van der Waals surface area contributed by atoms with E-state index in [1.807, 2.05) is 49.4 Å². The third-order valence-electron chi connectivity index (χ3n) is 3.73. The number of amides is 2. The summed E-state index contributed by atoms with van der Waals surface area (Å²) in [4.78, 5) is 11.9. The maximum atomic E-state index is 11.9. The number of fused-ring (bicyclic) bond motifs is 1. The second kappa shape index (κ2) is 8.28. The zero-order chi connectivity index (χ0) is 17.5. The molecule has 0 fully saturated rings. The minimum Gasteiger partial charge on any atom is -0.494 e. The Bertz CT molecular complexity index is 716. The molecule has 0 aromatic heterocycles. The van der Waals surface area contributed by atoms with Crippen molar-refractivity contribution in [3.05, 3.63) is 48.0 Å². The van der Waals surface area contributed by atoms with Crippen LogP contribution in [0.15, 0.2) is 42.5 Å². The molecule has 6 heteroatoms. The van der Waals surface area contributed by atoms with Gasteiger partial charge in [-0.05, 0) is 55.3 Å². The number of nitrogens with one attached hydrogen (secondary N) is 2. The van der Waals surface area contributed by atoms with Gasteiger partial charge in [0.05, 0.1) is 6.61 Å². The van der Waals surface area contributed by atoms with E-state index >= 15 is 0 Å². The van der Waals surface area contributed by atoms with Crippen LogP contribution in [0.25, 0.3) is 0 Å². The molecule has 2 amide bonds. The van der Waals surface area contributed by atoms with Gasteiger partial charge in [0.25, 0.3) is 0 Å². The van der Waals surface area contributed by atoms with Crippen LogP contribution in [-0.4, -0.2) is 32.4 Å². The summed E-state index contributed by atoms with van der Waals surface area (Å²) in [5.41, 5.74) is 1.81. The van der Waals surface area contributed by atoms with E-state index in [4.69, 9.17) is 14.2 Å². The van der Waals surface area contributed by atoms with Crippen molar-refractivity contribution in [1.29, 1.82) is 0 Å². The van der Waals surface area contributed by atoms with Crippen LogP contribution in [0, 0.1) is 0 Å². The van der Waals surface area contributed by atoms with E-state index in [-0.39, 0.29) is 6.03 Å². The van der Waals surface area contributed by atoms with Crippen LogP contribution in [0.5, 0.6) is 17.2 Å². The molecule has 0 atom stereocenters. The Morgan fingerprint density at radius 1 is 1.08 bits per heavy atom. The smallest absolute Gasteiger partial charge is 0.319 e.